The van der Waals surface area contributed by atoms with Gasteiger partial charge in [-0.3, -0.25) is 0 Å². The molecule has 0 spiro atoms. The molecule has 6 rings (SSSR count). The number of nitrogens with one attached hydrogen (secondary N) is 1. The molecule has 2 aliphatic heterocycles. The molecule has 158 valence electrons. The van der Waals surface area contributed by atoms with Crippen molar-refractivity contribution in [2.24, 2.45) is 17.8 Å². The molecule has 9 nitrogen and oxygen atoms in total. The molecule has 1 unspecified atom stereocenters. The minimum atomic E-state index is 0.393. The van der Waals surface area contributed by atoms with E-state index in [9.17, 15) is 0 Å². The van der Waals surface area contributed by atoms with Gasteiger partial charge in [-0.2, -0.15) is 9.36 Å². The Bertz CT molecular complexity index is 1030. The monoisotopic (exact) mass is 427 g/mol. The smallest absolute Gasteiger partial charge is 0.243 e. The van der Waals surface area contributed by atoms with Crippen molar-refractivity contribution in [1.82, 2.24) is 24.0 Å². The molecule has 0 amide bonds. The van der Waals surface area contributed by atoms with Crippen LogP contribution in [0.25, 0.3) is 5.65 Å². The Morgan fingerprint density at radius 1 is 1.23 bits per heavy atom. The first kappa shape index (κ1) is 18.3. The Hall–Kier alpha value is -2.46. The zero-order valence-corrected chi connectivity index (χ0v) is 17.7. The first-order valence-electron chi connectivity index (χ1n) is 10.6. The SMILES string of the molecule is Cc1nsc(N2C[C@H]3CC[C@@H](C2)C3Nc2nc3c(OCC4COC4)cccn3n2)n1. The van der Waals surface area contributed by atoms with Gasteiger partial charge in [0, 0.05) is 42.8 Å². The van der Waals surface area contributed by atoms with Crippen LogP contribution in [0.3, 0.4) is 0 Å². The minimum absolute atomic E-state index is 0.393. The molecule has 3 aliphatic rings. The maximum Gasteiger partial charge on any atom is 0.243 e. The lowest BCUT2D eigenvalue weighted by Gasteiger charge is -2.37. The summed E-state index contributed by atoms with van der Waals surface area (Å²) in [6, 6.07) is 4.30. The highest BCUT2D eigenvalue weighted by atomic mass is 32.1. The molecule has 0 radical (unpaired) electrons. The number of nitrogens with zero attached hydrogens (tertiary/aromatic N) is 6. The minimum Gasteiger partial charge on any atom is -0.489 e. The van der Waals surface area contributed by atoms with E-state index in [1.54, 1.807) is 4.52 Å². The van der Waals surface area contributed by atoms with Crippen molar-refractivity contribution < 1.29 is 9.47 Å². The second kappa shape index (κ2) is 7.35. The van der Waals surface area contributed by atoms with Crippen molar-refractivity contribution in [3.63, 3.8) is 0 Å². The summed E-state index contributed by atoms with van der Waals surface area (Å²) in [7, 11) is 0. The molecule has 30 heavy (non-hydrogen) atoms. The molecule has 3 aromatic rings. The molecular formula is C20H25N7O2S. The number of aryl methyl sites for hydroxylation is 1. The number of anilines is 2. The fourth-order valence-electron chi connectivity index (χ4n) is 4.82. The molecular weight excluding hydrogens is 402 g/mol. The fraction of sp³-hybridized carbons (Fsp3) is 0.600. The highest BCUT2D eigenvalue weighted by molar-refractivity contribution is 7.09. The normalized spacial score (nSPS) is 26.2. The van der Waals surface area contributed by atoms with E-state index in [1.165, 1.54) is 24.4 Å². The van der Waals surface area contributed by atoms with Gasteiger partial charge in [-0.05, 0) is 43.7 Å². The van der Waals surface area contributed by atoms with Crippen LogP contribution in [0.4, 0.5) is 11.1 Å². The number of pyridine rings is 1. The van der Waals surface area contributed by atoms with Gasteiger partial charge in [0.25, 0.3) is 0 Å². The second-order valence-corrected chi connectivity index (χ2v) is 9.32. The molecule has 3 fully saturated rings. The zero-order valence-electron chi connectivity index (χ0n) is 16.9. The van der Waals surface area contributed by atoms with Crippen LogP contribution in [0.5, 0.6) is 5.75 Å². The van der Waals surface area contributed by atoms with Gasteiger partial charge < -0.3 is 19.7 Å². The Morgan fingerprint density at radius 3 is 2.77 bits per heavy atom. The Morgan fingerprint density at radius 2 is 2.07 bits per heavy atom. The van der Waals surface area contributed by atoms with Gasteiger partial charge in [-0.25, -0.2) is 9.50 Å². The van der Waals surface area contributed by atoms with E-state index in [0.29, 0.717) is 36.4 Å². The van der Waals surface area contributed by atoms with E-state index in [-0.39, 0.29) is 0 Å². The molecule has 5 heterocycles. The molecule has 10 heteroatoms. The van der Waals surface area contributed by atoms with Gasteiger partial charge in [-0.1, -0.05) is 0 Å². The Kier molecular flexibility index (Phi) is 4.49. The van der Waals surface area contributed by atoms with Crippen molar-refractivity contribution in [2.75, 3.05) is 43.1 Å². The van der Waals surface area contributed by atoms with Crippen LogP contribution in [-0.2, 0) is 4.74 Å². The highest BCUT2D eigenvalue weighted by Gasteiger charge is 2.43. The second-order valence-electron chi connectivity index (χ2n) is 8.59. The third kappa shape index (κ3) is 3.27. The van der Waals surface area contributed by atoms with Gasteiger partial charge >= 0.3 is 0 Å². The zero-order chi connectivity index (χ0) is 20.1. The van der Waals surface area contributed by atoms with Gasteiger partial charge in [0.1, 0.15) is 5.82 Å². The number of ether oxygens (including phenoxy) is 2. The van der Waals surface area contributed by atoms with Gasteiger partial charge in [0.15, 0.2) is 11.4 Å². The molecule has 3 atom stereocenters. The fourth-order valence-corrected chi connectivity index (χ4v) is 5.51. The van der Waals surface area contributed by atoms with Crippen molar-refractivity contribution in [3.05, 3.63) is 24.2 Å². The van der Waals surface area contributed by atoms with Crippen LogP contribution in [0.1, 0.15) is 18.7 Å². The number of rotatable bonds is 6. The third-order valence-corrected chi connectivity index (χ3v) is 7.29. The molecule has 0 aromatic carbocycles. The number of aromatic nitrogens is 5. The van der Waals surface area contributed by atoms with Crippen LogP contribution in [0.15, 0.2) is 18.3 Å². The van der Waals surface area contributed by atoms with Gasteiger partial charge in [0.05, 0.1) is 19.8 Å². The number of piperidine rings is 1. The standard InChI is InChI=1S/C20H25N7O2S/c1-12-21-20(30-25-12)26-7-14-4-5-15(8-26)17(14)22-19-23-18-16(3-2-6-27(18)24-19)29-11-13-9-28-10-13/h2-3,6,13-15,17H,4-5,7-11H2,1H3,(H,22,24)/t14-,15+,17?. The van der Waals surface area contributed by atoms with E-state index >= 15 is 0 Å². The summed E-state index contributed by atoms with van der Waals surface area (Å²) in [5, 5.41) is 9.36. The summed E-state index contributed by atoms with van der Waals surface area (Å²) < 4.78 is 17.4. The summed E-state index contributed by atoms with van der Waals surface area (Å²) >= 11 is 1.50. The topological polar surface area (TPSA) is 89.7 Å². The molecule has 1 N–H and O–H groups in total. The summed E-state index contributed by atoms with van der Waals surface area (Å²) in [5.41, 5.74) is 0.759. The maximum atomic E-state index is 6.00. The largest absolute Gasteiger partial charge is 0.489 e. The van der Waals surface area contributed by atoms with Crippen LogP contribution < -0.4 is 15.0 Å². The van der Waals surface area contributed by atoms with Crippen molar-refractivity contribution in [2.45, 2.75) is 25.8 Å². The molecule has 3 aromatic heterocycles. The summed E-state index contributed by atoms with van der Waals surface area (Å²) in [5.74, 6) is 3.92. The first-order valence-corrected chi connectivity index (χ1v) is 11.4. The summed E-state index contributed by atoms with van der Waals surface area (Å²) in [6.45, 7) is 6.18. The Balaban J connectivity index is 1.17. The van der Waals surface area contributed by atoms with E-state index in [1.807, 2.05) is 25.3 Å². The third-order valence-electron chi connectivity index (χ3n) is 6.43. The number of hydrogen-bond donors (Lipinski definition) is 1. The Labute approximate surface area is 178 Å². The van der Waals surface area contributed by atoms with E-state index in [2.05, 4.69) is 24.7 Å². The highest BCUT2D eigenvalue weighted by Crippen LogP contribution is 2.40. The maximum absolute atomic E-state index is 6.00. The van der Waals surface area contributed by atoms with E-state index < -0.39 is 0 Å². The summed E-state index contributed by atoms with van der Waals surface area (Å²) in [4.78, 5) is 11.7. The molecule has 1 aliphatic carbocycles. The predicted molar refractivity (Wildman–Crippen MR) is 113 cm³/mol. The van der Waals surface area contributed by atoms with Gasteiger partial charge in [0.2, 0.25) is 11.1 Å². The lowest BCUT2D eigenvalue weighted by molar-refractivity contribution is -0.0507. The van der Waals surface area contributed by atoms with Gasteiger partial charge in [-0.15, -0.1) is 5.10 Å². The van der Waals surface area contributed by atoms with Crippen molar-refractivity contribution in [1.29, 1.82) is 0 Å². The lowest BCUT2D eigenvalue weighted by Crippen LogP contribution is -2.48. The number of hydrogen-bond acceptors (Lipinski definition) is 9. The molecule has 1 saturated carbocycles. The number of fused-ring (bicyclic) bond motifs is 3. The van der Waals surface area contributed by atoms with Crippen molar-refractivity contribution >= 4 is 28.3 Å². The first-order chi connectivity index (χ1) is 14.7. The quantitative estimate of drug-likeness (QED) is 0.641. The average Bonchev–Trinajstić information content (AvgIpc) is 3.37. The average molecular weight is 428 g/mol. The lowest BCUT2D eigenvalue weighted by atomic mass is 9.92. The molecule has 2 bridgehead atoms. The molecule has 2 saturated heterocycles. The summed E-state index contributed by atoms with van der Waals surface area (Å²) in [6.07, 6.45) is 4.37. The van der Waals surface area contributed by atoms with Crippen LogP contribution in [-0.4, -0.2) is 62.9 Å². The van der Waals surface area contributed by atoms with E-state index in [0.717, 1.165) is 48.7 Å². The van der Waals surface area contributed by atoms with Crippen LogP contribution in [0.2, 0.25) is 0 Å². The van der Waals surface area contributed by atoms with Crippen LogP contribution >= 0.6 is 11.5 Å². The van der Waals surface area contributed by atoms with E-state index in [4.69, 9.17) is 14.5 Å². The van der Waals surface area contributed by atoms with Crippen molar-refractivity contribution in [3.8, 4) is 5.75 Å². The van der Waals surface area contributed by atoms with Crippen LogP contribution in [0, 0.1) is 24.7 Å². The predicted octanol–water partition coefficient (Wildman–Crippen LogP) is 2.24.